The molecule has 0 saturated carbocycles. The first kappa shape index (κ1) is 17.3. The highest BCUT2D eigenvalue weighted by Gasteiger charge is 2.37. The number of benzene rings is 1. The minimum Gasteiger partial charge on any atom is -0.497 e. The summed E-state index contributed by atoms with van der Waals surface area (Å²) < 4.78 is 5.12. The Bertz CT molecular complexity index is 545. The van der Waals surface area contributed by atoms with E-state index in [-0.39, 0.29) is 17.9 Å². The maximum Gasteiger partial charge on any atom is 0.242 e. The van der Waals surface area contributed by atoms with Crippen molar-refractivity contribution in [2.24, 2.45) is 5.73 Å². The predicted molar refractivity (Wildman–Crippen MR) is 88.1 cm³/mol. The van der Waals surface area contributed by atoms with Crippen molar-refractivity contribution in [3.63, 3.8) is 0 Å². The fourth-order valence-electron chi connectivity index (χ4n) is 2.94. The van der Waals surface area contributed by atoms with Gasteiger partial charge in [0.2, 0.25) is 11.8 Å². The van der Waals surface area contributed by atoms with Crippen LogP contribution in [0.1, 0.15) is 24.8 Å². The molecule has 1 saturated heterocycles. The minimum atomic E-state index is -0.427. The molecule has 6 heteroatoms. The Hall–Kier alpha value is -2.08. The van der Waals surface area contributed by atoms with Crippen LogP contribution < -0.4 is 15.8 Å². The van der Waals surface area contributed by atoms with Gasteiger partial charge in [-0.3, -0.25) is 9.59 Å². The summed E-state index contributed by atoms with van der Waals surface area (Å²) in [4.78, 5) is 25.9. The Morgan fingerprint density at radius 3 is 2.65 bits per heavy atom. The monoisotopic (exact) mass is 319 g/mol. The number of nitrogens with zero attached hydrogens (tertiary/aromatic N) is 1. The summed E-state index contributed by atoms with van der Waals surface area (Å²) in [6.45, 7) is 0.458. The van der Waals surface area contributed by atoms with E-state index in [1.807, 2.05) is 24.3 Å². The van der Waals surface area contributed by atoms with Gasteiger partial charge in [-0.2, -0.15) is 0 Å². The molecule has 0 radical (unpaired) electrons. The van der Waals surface area contributed by atoms with Gasteiger partial charge in [0.15, 0.2) is 0 Å². The van der Waals surface area contributed by atoms with Gasteiger partial charge >= 0.3 is 0 Å². The fraction of sp³-hybridized carbons (Fsp3) is 0.529. The molecule has 3 N–H and O–H groups in total. The average Bonchev–Trinajstić information content (AvgIpc) is 2.96. The highest BCUT2D eigenvalue weighted by Crippen LogP contribution is 2.19. The number of nitrogens with two attached hydrogens (primary N) is 1. The molecule has 0 aliphatic carbocycles. The van der Waals surface area contributed by atoms with E-state index >= 15 is 0 Å². The van der Waals surface area contributed by atoms with Gasteiger partial charge in [-0.05, 0) is 37.0 Å². The van der Waals surface area contributed by atoms with Gasteiger partial charge in [-0.1, -0.05) is 12.1 Å². The predicted octanol–water partition coefficient (Wildman–Crippen LogP) is 0.692. The van der Waals surface area contributed by atoms with Crippen molar-refractivity contribution in [1.29, 1.82) is 0 Å². The van der Waals surface area contributed by atoms with Crippen LogP contribution in [0.25, 0.3) is 0 Å². The van der Waals surface area contributed by atoms with E-state index in [2.05, 4.69) is 5.32 Å². The van der Waals surface area contributed by atoms with Crippen molar-refractivity contribution in [3.05, 3.63) is 29.8 Å². The summed E-state index contributed by atoms with van der Waals surface area (Å²) in [6, 6.07) is 7.28. The summed E-state index contributed by atoms with van der Waals surface area (Å²) in [6.07, 6.45) is 2.52. The maximum atomic E-state index is 12.4. The Labute approximate surface area is 137 Å². The third-order valence-corrected chi connectivity index (χ3v) is 4.22. The summed E-state index contributed by atoms with van der Waals surface area (Å²) in [5.74, 6) is 0.686. The number of aryl methyl sites for hydroxylation is 1. The topological polar surface area (TPSA) is 84.7 Å². The Kier molecular flexibility index (Phi) is 5.98. The van der Waals surface area contributed by atoms with E-state index in [9.17, 15) is 9.59 Å². The van der Waals surface area contributed by atoms with Crippen LogP contribution in [0.2, 0.25) is 0 Å². The van der Waals surface area contributed by atoms with E-state index in [0.717, 1.165) is 18.6 Å². The third-order valence-electron chi connectivity index (χ3n) is 4.22. The molecule has 0 unspecified atom stereocenters. The number of rotatable bonds is 6. The molecule has 1 aliphatic rings. The molecule has 126 valence electrons. The van der Waals surface area contributed by atoms with Gasteiger partial charge in [-0.15, -0.1) is 0 Å². The molecule has 2 amide bonds. The number of methoxy groups -OCH3 is 1. The van der Waals surface area contributed by atoms with E-state index in [1.165, 1.54) is 5.56 Å². The van der Waals surface area contributed by atoms with Crippen molar-refractivity contribution >= 4 is 11.8 Å². The van der Waals surface area contributed by atoms with Crippen molar-refractivity contribution in [3.8, 4) is 5.75 Å². The second-order valence-corrected chi connectivity index (χ2v) is 5.87. The number of likely N-dealkylation sites (N-methyl/N-ethyl adjacent to an activating group) is 1. The molecule has 1 aromatic carbocycles. The number of nitrogens with one attached hydrogen (secondary N) is 1. The van der Waals surface area contributed by atoms with Crippen molar-refractivity contribution in [1.82, 2.24) is 10.2 Å². The SMILES string of the molecule is CNC(=O)[C@@H]1C[C@@H](N)CN1C(=O)CCCc1ccc(OC)cc1. The van der Waals surface area contributed by atoms with Gasteiger partial charge < -0.3 is 20.7 Å². The molecule has 0 bridgehead atoms. The molecule has 2 rings (SSSR count). The van der Waals surface area contributed by atoms with Crippen molar-refractivity contribution in [2.45, 2.75) is 37.8 Å². The Morgan fingerprint density at radius 2 is 2.04 bits per heavy atom. The fourth-order valence-corrected chi connectivity index (χ4v) is 2.94. The number of ether oxygens (including phenoxy) is 1. The molecule has 0 spiro atoms. The lowest BCUT2D eigenvalue weighted by Crippen LogP contribution is -2.44. The third kappa shape index (κ3) is 4.45. The van der Waals surface area contributed by atoms with Crippen LogP contribution in [0.5, 0.6) is 5.75 Å². The second kappa shape index (κ2) is 7.97. The van der Waals surface area contributed by atoms with Crippen LogP contribution >= 0.6 is 0 Å². The quantitative estimate of drug-likeness (QED) is 0.808. The largest absolute Gasteiger partial charge is 0.497 e. The molecule has 6 nitrogen and oxygen atoms in total. The molecule has 1 aliphatic heterocycles. The number of carbonyl (C=O) groups excluding carboxylic acids is 2. The second-order valence-electron chi connectivity index (χ2n) is 5.87. The zero-order valence-electron chi connectivity index (χ0n) is 13.7. The van der Waals surface area contributed by atoms with Crippen molar-refractivity contribution in [2.75, 3.05) is 20.7 Å². The lowest BCUT2D eigenvalue weighted by Gasteiger charge is -2.23. The number of hydrogen-bond donors (Lipinski definition) is 2. The summed E-state index contributed by atoms with van der Waals surface area (Å²) in [5.41, 5.74) is 7.07. The van der Waals surface area contributed by atoms with E-state index < -0.39 is 6.04 Å². The van der Waals surface area contributed by atoms with Crippen LogP contribution in [0, 0.1) is 0 Å². The van der Waals surface area contributed by atoms with E-state index in [4.69, 9.17) is 10.5 Å². The number of amides is 2. The van der Waals surface area contributed by atoms with Gasteiger partial charge in [-0.25, -0.2) is 0 Å². The standard InChI is InChI=1S/C17H25N3O3/c1-19-17(22)15-10-13(18)11-20(15)16(21)5-3-4-12-6-8-14(23-2)9-7-12/h6-9,13,15H,3-5,10-11,18H2,1-2H3,(H,19,22)/t13-,15+/m1/s1. The highest BCUT2D eigenvalue weighted by atomic mass is 16.5. The molecular formula is C17H25N3O3. The van der Waals surface area contributed by atoms with Gasteiger partial charge in [0.1, 0.15) is 11.8 Å². The first-order valence-corrected chi connectivity index (χ1v) is 7.94. The minimum absolute atomic E-state index is 0.0000571. The maximum absolute atomic E-state index is 12.4. The summed E-state index contributed by atoms with van der Waals surface area (Å²) in [7, 11) is 3.22. The number of carbonyl (C=O) groups is 2. The number of likely N-dealkylation sites (tertiary alicyclic amines) is 1. The zero-order chi connectivity index (χ0) is 16.8. The van der Waals surface area contributed by atoms with E-state index in [0.29, 0.717) is 19.4 Å². The van der Waals surface area contributed by atoms with Crippen LogP contribution in [0.4, 0.5) is 0 Å². The smallest absolute Gasteiger partial charge is 0.242 e. The molecule has 0 aromatic heterocycles. The zero-order valence-corrected chi connectivity index (χ0v) is 13.7. The first-order valence-electron chi connectivity index (χ1n) is 7.94. The van der Waals surface area contributed by atoms with Crippen LogP contribution in [-0.2, 0) is 16.0 Å². The van der Waals surface area contributed by atoms with Crippen LogP contribution in [0.15, 0.2) is 24.3 Å². The molecule has 23 heavy (non-hydrogen) atoms. The molecule has 1 fully saturated rings. The molecule has 1 heterocycles. The molecule has 2 atom stereocenters. The Morgan fingerprint density at radius 1 is 1.35 bits per heavy atom. The molecular weight excluding hydrogens is 294 g/mol. The summed E-state index contributed by atoms with van der Waals surface area (Å²) in [5, 5.41) is 2.60. The van der Waals surface area contributed by atoms with Crippen molar-refractivity contribution < 1.29 is 14.3 Å². The van der Waals surface area contributed by atoms with E-state index in [1.54, 1.807) is 19.1 Å². The van der Waals surface area contributed by atoms with Gasteiger partial charge in [0.05, 0.1) is 7.11 Å². The lowest BCUT2D eigenvalue weighted by atomic mass is 10.1. The average molecular weight is 319 g/mol. The normalized spacial score (nSPS) is 20.4. The van der Waals surface area contributed by atoms with Crippen LogP contribution in [-0.4, -0.2) is 49.5 Å². The lowest BCUT2D eigenvalue weighted by molar-refractivity contribution is -0.138. The summed E-state index contributed by atoms with van der Waals surface area (Å²) >= 11 is 0. The number of hydrogen-bond acceptors (Lipinski definition) is 4. The Balaban J connectivity index is 1.84. The molecule has 1 aromatic rings. The van der Waals surface area contributed by atoms with Gasteiger partial charge in [0, 0.05) is 26.1 Å². The van der Waals surface area contributed by atoms with Gasteiger partial charge in [0.25, 0.3) is 0 Å². The van der Waals surface area contributed by atoms with Crippen LogP contribution in [0.3, 0.4) is 0 Å². The first-order chi connectivity index (χ1) is 11.0. The highest BCUT2D eigenvalue weighted by molar-refractivity contribution is 5.88.